The summed E-state index contributed by atoms with van der Waals surface area (Å²) >= 11 is 0. The minimum Gasteiger partial charge on any atom is -0.506 e. The number of ether oxygens (including phenoxy) is 1. The molecular formula is C20H23NO3. The van der Waals surface area contributed by atoms with Gasteiger partial charge in [0, 0.05) is 18.0 Å². The van der Waals surface area contributed by atoms with E-state index in [2.05, 4.69) is 13.8 Å². The molecular weight excluding hydrogens is 302 g/mol. The number of benzene rings is 2. The lowest BCUT2D eigenvalue weighted by Gasteiger charge is -2.23. The van der Waals surface area contributed by atoms with Crippen LogP contribution in [0.4, 0.5) is 11.4 Å². The van der Waals surface area contributed by atoms with Crippen LogP contribution in [0.1, 0.15) is 32.3 Å². The first-order valence-corrected chi connectivity index (χ1v) is 8.05. The van der Waals surface area contributed by atoms with Crippen LogP contribution in [0.5, 0.6) is 5.75 Å². The SMILES string of the molecule is CCOC(=O)/C=C/N(c1ccccc1)c1cc(C(C)C)ccc1O. The third-order valence-corrected chi connectivity index (χ3v) is 3.61. The number of rotatable bonds is 6. The maximum atomic E-state index is 11.7. The molecule has 0 bridgehead atoms. The highest BCUT2D eigenvalue weighted by Crippen LogP contribution is 2.35. The molecule has 0 atom stereocenters. The van der Waals surface area contributed by atoms with Crippen LogP contribution in [0.2, 0.25) is 0 Å². The summed E-state index contributed by atoms with van der Waals surface area (Å²) in [5, 5.41) is 10.3. The van der Waals surface area contributed by atoms with E-state index in [1.807, 2.05) is 42.5 Å². The van der Waals surface area contributed by atoms with Gasteiger partial charge in [0.05, 0.1) is 12.3 Å². The zero-order valence-corrected chi connectivity index (χ0v) is 14.3. The highest BCUT2D eigenvalue weighted by Gasteiger charge is 2.13. The van der Waals surface area contributed by atoms with E-state index in [4.69, 9.17) is 4.74 Å². The van der Waals surface area contributed by atoms with E-state index in [0.717, 1.165) is 11.3 Å². The van der Waals surface area contributed by atoms with Gasteiger partial charge in [-0.05, 0) is 42.7 Å². The molecule has 0 spiro atoms. The Morgan fingerprint density at radius 1 is 1.21 bits per heavy atom. The van der Waals surface area contributed by atoms with Crippen molar-refractivity contribution >= 4 is 17.3 Å². The molecule has 2 rings (SSSR count). The number of anilines is 2. The smallest absolute Gasteiger partial charge is 0.332 e. The van der Waals surface area contributed by atoms with Gasteiger partial charge in [-0.3, -0.25) is 0 Å². The Morgan fingerprint density at radius 2 is 1.92 bits per heavy atom. The first kappa shape index (κ1) is 17.6. The number of phenolic OH excluding ortho intramolecular Hbond substituents is 1. The van der Waals surface area contributed by atoms with Crippen molar-refractivity contribution in [1.29, 1.82) is 0 Å². The fourth-order valence-corrected chi connectivity index (χ4v) is 2.31. The summed E-state index contributed by atoms with van der Waals surface area (Å²) in [5.41, 5.74) is 2.57. The Hall–Kier alpha value is -2.75. The van der Waals surface area contributed by atoms with E-state index >= 15 is 0 Å². The molecule has 1 N–H and O–H groups in total. The molecule has 0 saturated heterocycles. The summed E-state index contributed by atoms with van der Waals surface area (Å²) in [6.07, 6.45) is 2.98. The molecule has 0 aliphatic heterocycles. The van der Waals surface area contributed by atoms with Crippen LogP contribution in [0.3, 0.4) is 0 Å². The third kappa shape index (κ3) is 4.38. The lowest BCUT2D eigenvalue weighted by atomic mass is 10.0. The highest BCUT2D eigenvalue weighted by atomic mass is 16.5. The molecule has 0 radical (unpaired) electrons. The van der Waals surface area contributed by atoms with E-state index in [9.17, 15) is 9.90 Å². The monoisotopic (exact) mass is 325 g/mol. The van der Waals surface area contributed by atoms with Crippen molar-refractivity contribution in [3.63, 3.8) is 0 Å². The molecule has 0 saturated carbocycles. The topological polar surface area (TPSA) is 49.8 Å². The second-order valence-corrected chi connectivity index (χ2v) is 5.68. The van der Waals surface area contributed by atoms with Gasteiger partial charge in [0.2, 0.25) is 0 Å². The van der Waals surface area contributed by atoms with Gasteiger partial charge in [0.1, 0.15) is 5.75 Å². The second kappa shape index (κ2) is 8.20. The lowest BCUT2D eigenvalue weighted by molar-refractivity contribution is -0.137. The van der Waals surface area contributed by atoms with Gasteiger partial charge in [0.15, 0.2) is 0 Å². The van der Waals surface area contributed by atoms with Crippen LogP contribution < -0.4 is 4.90 Å². The standard InChI is InChI=1S/C20H23NO3/c1-4-24-20(23)12-13-21(17-8-6-5-7-9-17)18-14-16(15(2)3)10-11-19(18)22/h5-15,22H,4H2,1-3H3/b13-12+. The molecule has 0 aliphatic rings. The van der Waals surface area contributed by atoms with Gasteiger partial charge in [-0.2, -0.15) is 0 Å². The van der Waals surface area contributed by atoms with Gasteiger partial charge in [0.25, 0.3) is 0 Å². The van der Waals surface area contributed by atoms with Gasteiger partial charge in [-0.15, -0.1) is 0 Å². The molecule has 126 valence electrons. The van der Waals surface area contributed by atoms with Gasteiger partial charge in [-0.25, -0.2) is 4.79 Å². The number of esters is 1. The van der Waals surface area contributed by atoms with E-state index < -0.39 is 5.97 Å². The molecule has 0 aromatic heterocycles. The van der Waals surface area contributed by atoms with Crippen molar-refractivity contribution in [1.82, 2.24) is 0 Å². The number of nitrogens with zero attached hydrogens (tertiary/aromatic N) is 1. The average molecular weight is 325 g/mol. The van der Waals surface area contributed by atoms with Crippen molar-refractivity contribution in [2.75, 3.05) is 11.5 Å². The van der Waals surface area contributed by atoms with E-state index in [-0.39, 0.29) is 5.75 Å². The first-order chi connectivity index (χ1) is 11.5. The lowest BCUT2D eigenvalue weighted by Crippen LogP contribution is -2.11. The normalized spacial score (nSPS) is 11.0. The minimum absolute atomic E-state index is 0.150. The number of aromatic hydroxyl groups is 1. The number of phenols is 1. The van der Waals surface area contributed by atoms with Gasteiger partial charge in [-0.1, -0.05) is 38.1 Å². The summed E-state index contributed by atoms with van der Waals surface area (Å²) < 4.78 is 4.94. The highest BCUT2D eigenvalue weighted by molar-refractivity contribution is 5.84. The number of carbonyl (C=O) groups excluding carboxylic acids is 1. The number of hydrogen-bond donors (Lipinski definition) is 1. The molecule has 0 fully saturated rings. The van der Waals surface area contributed by atoms with E-state index in [0.29, 0.717) is 18.2 Å². The van der Waals surface area contributed by atoms with Crippen LogP contribution in [0.15, 0.2) is 60.8 Å². The van der Waals surface area contributed by atoms with Crippen LogP contribution in [0.25, 0.3) is 0 Å². The van der Waals surface area contributed by atoms with E-state index in [1.165, 1.54) is 6.08 Å². The Balaban J connectivity index is 2.47. The molecule has 4 heteroatoms. The Kier molecular flexibility index (Phi) is 6.01. The summed E-state index contributed by atoms with van der Waals surface area (Å²) in [6, 6.07) is 15.1. The molecule has 0 aliphatic carbocycles. The van der Waals surface area contributed by atoms with Gasteiger partial charge >= 0.3 is 5.97 Å². The number of para-hydroxylation sites is 1. The molecule has 2 aromatic rings. The predicted molar refractivity (Wildman–Crippen MR) is 96.5 cm³/mol. The average Bonchev–Trinajstić information content (AvgIpc) is 2.57. The maximum Gasteiger partial charge on any atom is 0.332 e. The Labute approximate surface area is 143 Å². The van der Waals surface area contributed by atoms with Crippen molar-refractivity contribution in [3.05, 3.63) is 66.4 Å². The van der Waals surface area contributed by atoms with Crippen molar-refractivity contribution in [3.8, 4) is 5.75 Å². The molecule has 0 unspecified atom stereocenters. The third-order valence-electron chi connectivity index (χ3n) is 3.61. The molecule has 0 heterocycles. The van der Waals surface area contributed by atoms with E-state index in [1.54, 1.807) is 24.1 Å². The van der Waals surface area contributed by atoms with Crippen LogP contribution >= 0.6 is 0 Å². The van der Waals surface area contributed by atoms with Crippen molar-refractivity contribution in [2.45, 2.75) is 26.7 Å². The summed E-state index contributed by atoms with van der Waals surface area (Å²) in [7, 11) is 0. The number of hydrogen-bond acceptors (Lipinski definition) is 4. The Morgan fingerprint density at radius 3 is 2.54 bits per heavy atom. The molecule has 2 aromatic carbocycles. The molecule has 4 nitrogen and oxygen atoms in total. The fourth-order valence-electron chi connectivity index (χ4n) is 2.31. The largest absolute Gasteiger partial charge is 0.506 e. The van der Waals surface area contributed by atoms with Crippen LogP contribution in [0, 0.1) is 0 Å². The number of carbonyl (C=O) groups is 1. The Bertz CT molecular complexity index is 708. The first-order valence-electron chi connectivity index (χ1n) is 8.05. The summed E-state index contributed by atoms with van der Waals surface area (Å²) in [6.45, 7) is 6.27. The van der Waals surface area contributed by atoms with Crippen molar-refractivity contribution < 1.29 is 14.6 Å². The van der Waals surface area contributed by atoms with Crippen LogP contribution in [-0.2, 0) is 9.53 Å². The minimum atomic E-state index is -0.419. The zero-order valence-electron chi connectivity index (χ0n) is 14.3. The quantitative estimate of drug-likeness (QED) is 0.616. The maximum absolute atomic E-state index is 11.7. The fraction of sp³-hybridized carbons (Fsp3) is 0.250. The molecule has 0 amide bonds. The molecule has 24 heavy (non-hydrogen) atoms. The predicted octanol–water partition coefficient (Wildman–Crippen LogP) is 4.73. The van der Waals surface area contributed by atoms with Gasteiger partial charge < -0.3 is 14.7 Å². The summed E-state index contributed by atoms with van der Waals surface area (Å²) in [4.78, 5) is 13.4. The van der Waals surface area contributed by atoms with Crippen molar-refractivity contribution in [2.24, 2.45) is 0 Å². The second-order valence-electron chi connectivity index (χ2n) is 5.68. The van der Waals surface area contributed by atoms with Crippen LogP contribution in [-0.4, -0.2) is 17.7 Å². The summed E-state index contributed by atoms with van der Waals surface area (Å²) in [5.74, 6) is 0.0608. The zero-order chi connectivity index (χ0) is 17.5.